The quantitative estimate of drug-likeness (QED) is 0.145. The van der Waals surface area contributed by atoms with E-state index in [0.29, 0.717) is 37.5 Å². The van der Waals surface area contributed by atoms with Crippen LogP contribution in [0.25, 0.3) is 0 Å². The third kappa shape index (κ3) is 9.68. The minimum atomic E-state index is -2.75. The molecule has 0 aliphatic heterocycles. The Labute approximate surface area is 222 Å². The highest BCUT2D eigenvalue weighted by atomic mass is 19.3. The Morgan fingerprint density at radius 2 is 1.34 bits per heavy atom. The number of hydrogen-bond donors (Lipinski definition) is 4. The van der Waals surface area contributed by atoms with Crippen molar-refractivity contribution < 1.29 is 48.4 Å². The van der Waals surface area contributed by atoms with E-state index in [9.17, 15) is 28.0 Å². The van der Waals surface area contributed by atoms with Crippen LogP contribution in [0.1, 0.15) is 85.0 Å². The van der Waals surface area contributed by atoms with Crippen LogP contribution in [-0.4, -0.2) is 50.2 Å². The molecule has 4 N–H and O–H groups in total. The zero-order valence-electron chi connectivity index (χ0n) is 22.3. The fourth-order valence-electron chi connectivity index (χ4n) is 5.73. The van der Waals surface area contributed by atoms with E-state index in [4.69, 9.17) is 20.4 Å². The molecule has 4 aliphatic carbocycles. The number of halogens is 2. The monoisotopic (exact) mass is 542 g/mol. The Bertz CT molecular complexity index is 909. The second-order valence-electron chi connectivity index (χ2n) is 10.6. The number of carboxylic acid groups (broad SMARTS) is 4. The zero-order valence-corrected chi connectivity index (χ0v) is 22.3. The maximum atomic E-state index is 14.3. The van der Waals surface area contributed by atoms with Gasteiger partial charge in [-0.3, -0.25) is 4.79 Å². The minimum absolute atomic E-state index is 0.107. The first-order chi connectivity index (χ1) is 17.6. The zero-order chi connectivity index (χ0) is 29.1. The Hall–Kier alpha value is -3.04. The van der Waals surface area contributed by atoms with Gasteiger partial charge in [-0.15, -0.1) is 0 Å². The lowest BCUT2D eigenvalue weighted by Crippen LogP contribution is -2.60. The van der Waals surface area contributed by atoms with Crippen molar-refractivity contribution in [3.8, 4) is 0 Å². The van der Waals surface area contributed by atoms with Crippen molar-refractivity contribution in [3.63, 3.8) is 0 Å². The topological polar surface area (TPSA) is 149 Å². The number of alkyl halides is 2. The lowest BCUT2D eigenvalue weighted by Gasteiger charge is -2.60. The van der Waals surface area contributed by atoms with Gasteiger partial charge in [0.15, 0.2) is 0 Å². The van der Waals surface area contributed by atoms with Crippen molar-refractivity contribution >= 4 is 23.9 Å². The fourth-order valence-corrected chi connectivity index (χ4v) is 5.73. The highest BCUT2D eigenvalue weighted by molar-refractivity contribution is 5.88. The van der Waals surface area contributed by atoms with Gasteiger partial charge in [-0.25, -0.2) is 23.2 Å². The molecule has 4 fully saturated rings. The first kappa shape index (κ1) is 33.0. The molecule has 38 heavy (non-hydrogen) atoms. The first-order valence-corrected chi connectivity index (χ1v) is 13.0. The van der Waals surface area contributed by atoms with Crippen LogP contribution in [0.4, 0.5) is 8.78 Å². The summed E-state index contributed by atoms with van der Waals surface area (Å²) in [5.74, 6) is -6.60. The maximum Gasteiger partial charge on any atom is 0.331 e. The van der Waals surface area contributed by atoms with E-state index in [2.05, 4.69) is 6.92 Å². The smallest absolute Gasteiger partial charge is 0.331 e. The number of aliphatic carboxylic acids is 4. The van der Waals surface area contributed by atoms with Gasteiger partial charge >= 0.3 is 23.9 Å². The number of rotatable bonds is 10. The van der Waals surface area contributed by atoms with Crippen molar-refractivity contribution in [2.24, 2.45) is 23.2 Å². The van der Waals surface area contributed by atoms with Crippen molar-refractivity contribution in [2.75, 3.05) is 0 Å². The van der Waals surface area contributed by atoms with Crippen LogP contribution < -0.4 is 0 Å². The van der Waals surface area contributed by atoms with Gasteiger partial charge in [0.25, 0.3) is 5.92 Å². The molecule has 0 amide bonds. The Morgan fingerprint density at radius 1 is 0.842 bits per heavy atom. The van der Waals surface area contributed by atoms with Crippen molar-refractivity contribution in [1.82, 2.24) is 0 Å². The van der Waals surface area contributed by atoms with Crippen LogP contribution in [0.15, 0.2) is 35.5 Å². The van der Waals surface area contributed by atoms with Crippen LogP contribution in [0, 0.1) is 23.2 Å². The summed E-state index contributed by atoms with van der Waals surface area (Å²) in [6.07, 6.45) is 12.6. The summed E-state index contributed by atoms with van der Waals surface area (Å²) in [6, 6.07) is 0. The molecule has 10 heteroatoms. The first-order valence-electron chi connectivity index (χ1n) is 13.0. The molecule has 0 heterocycles. The third-order valence-corrected chi connectivity index (χ3v) is 7.46. The van der Waals surface area contributed by atoms with E-state index in [0.717, 1.165) is 19.3 Å². The highest BCUT2D eigenvalue weighted by Gasteiger charge is 2.67. The minimum Gasteiger partial charge on any atom is -0.481 e. The second kappa shape index (κ2) is 14.8. The highest BCUT2D eigenvalue weighted by Crippen LogP contribution is 2.67. The molecule has 0 aromatic rings. The summed E-state index contributed by atoms with van der Waals surface area (Å²) in [4.78, 5) is 41.3. The standard InChI is InChI=1S/C12H16F2O2.C8H10O4.C8H14O2/c13-12(14)9-2-7-1-8(3-9)5-11(12,4-7)6-10(15)16;1-5(7(9)10)3-4-6(2)8(11)12;1-2-3-4-5-6-7-8(9)10/h7-9H,1-6H2,(H,15,16);3-4H,1-2H3,(H,9,10)(H,11,12);6-7H,2-5H2,1H3,(H,9,10)/b;5-3-,6-4-;7-6+. The van der Waals surface area contributed by atoms with Gasteiger partial charge < -0.3 is 20.4 Å². The summed E-state index contributed by atoms with van der Waals surface area (Å²) < 4.78 is 28.5. The molecule has 0 aromatic heterocycles. The van der Waals surface area contributed by atoms with Crippen LogP contribution in [0.3, 0.4) is 0 Å². The van der Waals surface area contributed by atoms with Gasteiger partial charge in [-0.1, -0.05) is 38.0 Å². The van der Waals surface area contributed by atoms with Crippen LogP contribution in [0.2, 0.25) is 0 Å². The molecule has 4 rings (SSSR count). The second-order valence-corrected chi connectivity index (χ2v) is 10.6. The largest absolute Gasteiger partial charge is 0.481 e. The van der Waals surface area contributed by atoms with E-state index in [-0.39, 0.29) is 17.6 Å². The van der Waals surface area contributed by atoms with Crippen molar-refractivity contribution in [1.29, 1.82) is 0 Å². The summed E-state index contributed by atoms with van der Waals surface area (Å²) in [5.41, 5.74) is -1.00. The number of hydrogen-bond acceptors (Lipinski definition) is 4. The summed E-state index contributed by atoms with van der Waals surface area (Å²) >= 11 is 0. The normalized spacial score (nSPS) is 27.1. The van der Waals surface area contributed by atoms with Crippen LogP contribution in [0.5, 0.6) is 0 Å². The number of unbranched alkanes of at least 4 members (excludes halogenated alkanes) is 3. The van der Waals surface area contributed by atoms with Crippen molar-refractivity contribution in [3.05, 3.63) is 35.5 Å². The predicted octanol–water partition coefficient (Wildman–Crippen LogP) is 6.18. The third-order valence-electron chi connectivity index (χ3n) is 7.46. The molecule has 0 saturated heterocycles. The fraction of sp³-hybridized carbons (Fsp3) is 0.643. The molecule has 0 radical (unpaired) electrons. The molecule has 8 nitrogen and oxygen atoms in total. The van der Waals surface area contributed by atoms with Crippen molar-refractivity contribution in [2.45, 2.75) is 90.9 Å². The van der Waals surface area contributed by atoms with Gasteiger partial charge in [0.2, 0.25) is 0 Å². The van der Waals surface area contributed by atoms with Gasteiger partial charge in [0.05, 0.1) is 6.42 Å². The maximum absolute atomic E-state index is 14.3. The Morgan fingerprint density at radius 3 is 1.74 bits per heavy atom. The molecule has 4 saturated carbocycles. The molecule has 4 aliphatic rings. The lowest BCUT2D eigenvalue weighted by atomic mass is 9.47. The predicted molar refractivity (Wildman–Crippen MR) is 137 cm³/mol. The Balaban J connectivity index is 0.000000297. The molecule has 0 spiro atoms. The molecular weight excluding hydrogens is 502 g/mol. The molecule has 214 valence electrons. The molecule has 4 bridgehead atoms. The number of allylic oxidation sites excluding steroid dienone is 3. The number of carbonyl (C=O) groups is 4. The van der Waals surface area contributed by atoms with Crippen LogP contribution in [-0.2, 0) is 19.2 Å². The molecule has 0 aromatic carbocycles. The SMILES string of the molecule is C/C(=C/C=C(/C)C(=O)O)C(=O)O.CCCCC/C=C/C(=O)O.O=C(O)CC12CC3CC(CC(C3)C1(F)F)C2. The van der Waals surface area contributed by atoms with E-state index in [1.165, 1.54) is 44.9 Å². The summed E-state index contributed by atoms with van der Waals surface area (Å²) in [7, 11) is 0. The van der Waals surface area contributed by atoms with E-state index >= 15 is 0 Å². The number of carboxylic acids is 4. The van der Waals surface area contributed by atoms with Gasteiger partial charge in [0, 0.05) is 28.6 Å². The van der Waals surface area contributed by atoms with Crippen LogP contribution >= 0.6 is 0 Å². The molecule has 2 unspecified atom stereocenters. The van der Waals surface area contributed by atoms with Gasteiger partial charge in [-0.05, 0) is 70.6 Å². The lowest BCUT2D eigenvalue weighted by molar-refractivity contribution is -0.258. The summed E-state index contributed by atoms with van der Waals surface area (Å²) in [6.45, 7) is 4.92. The molecule has 2 atom stereocenters. The van der Waals surface area contributed by atoms with Gasteiger partial charge in [-0.2, -0.15) is 0 Å². The Kier molecular flexibility index (Phi) is 12.8. The van der Waals surface area contributed by atoms with Gasteiger partial charge in [0.1, 0.15) is 0 Å². The van der Waals surface area contributed by atoms with E-state index < -0.39 is 41.1 Å². The molecular formula is C28H40F2O8. The summed E-state index contributed by atoms with van der Waals surface area (Å²) in [5, 5.41) is 33.8. The average Bonchev–Trinajstić information content (AvgIpc) is 2.80. The van der Waals surface area contributed by atoms with E-state index in [1.54, 1.807) is 6.08 Å². The average molecular weight is 543 g/mol. The van der Waals surface area contributed by atoms with E-state index in [1.807, 2.05) is 0 Å².